The third-order valence-electron chi connectivity index (χ3n) is 3.75. The highest BCUT2D eigenvalue weighted by Crippen LogP contribution is 2.21. The maximum absolute atomic E-state index is 12.9. The smallest absolute Gasteiger partial charge is 0.243 e. The molecule has 1 atom stereocenters. The van der Waals surface area contributed by atoms with Crippen LogP contribution in [0.1, 0.15) is 38.2 Å². The van der Waals surface area contributed by atoms with Crippen molar-refractivity contribution < 1.29 is 18.6 Å². The lowest BCUT2D eigenvalue weighted by Crippen LogP contribution is -2.42. The molecule has 1 aromatic rings. The molecule has 130 valence electrons. The van der Waals surface area contributed by atoms with Gasteiger partial charge < -0.3 is 10.2 Å². The average molecular weight is 341 g/mol. The van der Waals surface area contributed by atoms with Crippen LogP contribution in [0, 0.1) is 0 Å². The molecule has 0 radical (unpaired) electrons. The van der Waals surface area contributed by atoms with Gasteiger partial charge in [-0.1, -0.05) is 38.0 Å². The van der Waals surface area contributed by atoms with Gasteiger partial charge >= 0.3 is 0 Å². The summed E-state index contributed by atoms with van der Waals surface area (Å²) in [5, 5.41) is 18.7. The zero-order valence-corrected chi connectivity index (χ0v) is 14.5. The lowest BCUT2D eigenvalue weighted by Gasteiger charge is -2.29. The summed E-state index contributed by atoms with van der Waals surface area (Å²) in [5.74, 6) is 0. The molecular formula is C17H27NO4S. The van der Waals surface area contributed by atoms with Crippen LogP contribution in [0.25, 0.3) is 0 Å². The van der Waals surface area contributed by atoms with Crippen molar-refractivity contribution in [1.82, 2.24) is 4.31 Å². The van der Waals surface area contributed by atoms with Gasteiger partial charge in [0.25, 0.3) is 0 Å². The molecule has 0 amide bonds. The first kappa shape index (κ1) is 19.8. The summed E-state index contributed by atoms with van der Waals surface area (Å²) in [7, 11) is -3.70. The van der Waals surface area contributed by atoms with E-state index in [0.717, 1.165) is 19.3 Å². The van der Waals surface area contributed by atoms with Crippen molar-refractivity contribution in [2.24, 2.45) is 0 Å². The van der Waals surface area contributed by atoms with E-state index in [9.17, 15) is 13.5 Å². The molecule has 23 heavy (non-hydrogen) atoms. The van der Waals surface area contributed by atoms with Gasteiger partial charge in [0, 0.05) is 6.54 Å². The predicted octanol–water partition coefficient (Wildman–Crippen LogP) is 2.30. The molecule has 0 saturated carbocycles. The van der Waals surface area contributed by atoms with E-state index in [1.807, 2.05) is 0 Å². The second-order valence-electron chi connectivity index (χ2n) is 5.49. The van der Waals surface area contributed by atoms with E-state index >= 15 is 0 Å². The Morgan fingerprint density at radius 2 is 1.87 bits per heavy atom. The number of hydrogen-bond acceptors (Lipinski definition) is 4. The molecule has 0 unspecified atom stereocenters. The van der Waals surface area contributed by atoms with E-state index in [0.29, 0.717) is 18.5 Å². The van der Waals surface area contributed by atoms with Gasteiger partial charge in [-0.3, -0.25) is 0 Å². The van der Waals surface area contributed by atoms with Crippen molar-refractivity contribution in [3.8, 4) is 0 Å². The Hall–Kier alpha value is -1.21. The third-order valence-corrected chi connectivity index (χ3v) is 5.72. The zero-order chi connectivity index (χ0) is 17.3. The summed E-state index contributed by atoms with van der Waals surface area (Å²) in [6, 6.07) is 5.68. The fourth-order valence-electron chi connectivity index (χ4n) is 2.39. The fourth-order valence-corrected chi connectivity index (χ4v) is 4.06. The molecule has 0 saturated heterocycles. The highest BCUT2D eigenvalue weighted by atomic mass is 32.2. The molecular weight excluding hydrogens is 314 g/mol. The molecule has 0 spiro atoms. The highest BCUT2D eigenvalue weighted by Gasteiger charge is 2.30. The van der Waals surface area contributed by atoms with E-state index in [-0.39, 0.29) is 18.1 Å². The van der Waals surface area contributed by atoms with E-state index in [1.165, 1.54) is 16.4 Å². The van der Waals surface area contributed by atoms with Crippen LogP contribution in [-0.2, 0) is 16.6 Å². The molecule has 1 aromatic carbocycles. The Labute approximate surface area is 139 Å². The SMILES string of the molecule is C=CC[C@@H](CO)N(CCCCC)S(=O)(=O)c1ccc(CO)cc1. The van der Waals surface area contributed by atoms with Gasteiger partial charge in [-0.25, -0.2) is 8.42 Å². The summed E-state index contributed by atoms with van der Waals surface area (Å²) >= 11 is 0. The number of hydrogen-bond donors (Lipinski definition) is 2. The number of nitrogens with zero attached hydrogens (tertiary/aromatic N) is 1. The molecule has 1 rings (SSSR count). The number of rotatable bonds is 11. The molecule has 0 fully saturated rings. The topological polar surface area (TPSA) is 77.8 Å². The zero-order valence-electron chi connectivity index (χ0n) is 13.7. The van der Waals surface area contributed by atoms with Crippen LogP contribution in [0.2, 0.25) is 0 Å². The largest absolute Gasteiger partial charge is 0.395 e. The van der Waals surface area contributed by atoms with E-state index in [4.69, 9.17) is 5.11 Å². The van der Waals surface area contributed by atoms with Crippen LogP contribution in [0.4, 0.5) is 0 Å². The van der Waals surface area contributed by atoms with Crippen molar-refractivity contribution >= 4 is 10.0 Å². The molecule has 0 aliphatic rings. The molecule has 0 heterocycles. The van der Waals surface area contributed by atoms with Gasteiger partial charge in [0.1, 0.15) is 0 Å². The third kappa shape index (κ3) is 5.42. The van der Waals surface area contributed by atoms with Crippen molar-refractivity contribution in [2.75, 3.05) is 13.2 Å². The van der Waals surface area contributed by atoms with Gasteiger partial charge in [0.05, 0.1) is 24.2 Å². The second-order valence-corrected chi connectivity index (χ2v) is 7.38. The number of aliphatic hydroxyl groups is 2. The summed E-state index contributed by atoms with van der Waals surface area (Å²) in [6.45, 7) is 5.70. The van der Waals surface area contributed by atoms with Crippen LogP contribution < -0.4 is 0 Å². The van der Waals surface area contributed by atoms with Crippen LogP contribution in [0.3, 0.4) is 0 Å². The van der Waals surface area contributed by atoms with Crippen molar-refractivity contribution in [2.45, 2.75) is 50.2 Å². The Balaban J connectivity index is 3.11. The van der Waals surface area contributed by atoms with Crippen LogP contribution >= 0.6 is 0 Å². The minimum Gasteiger partial charge on any atom is -0.395 e. The number of aliphatic hydroxyl groups excluding tert-OH is 2. The minimum absolute atomic E-state index is 0.129. The van der Waals surface area contributed by atoms with Gasteiger partial charge in [0.2, 0.25) is 10.0 Å². The van der Waals surface area contributed by atoms with Gasteiger partial charge in [-0.05, 0) is 30.5 Å². The number of benzene rings is 1. The molecule has 5 nitrogen and oxygen atoms in total. The van der Waals surface area contributed by atoms with Gasteiger partial charge in [-0.2, -0.15) is 4.31 Å². The second kappa shape index (κ2) is 9.82. The average Bonchev–Trinajstić information content (AvgIpc) is 2.57. The molecule has 0 aliphatic heterocycles. The Bertz CT molecular complexity index is 569. The Morgan fingerprint density at radius 1 is 1.22 bits per heavy atom. The predicted molar refractivity (Wildman–Crippen MR) is 91.5 cm³/mol. The number of sulfonamides is 1. The summed E-state index contributed by atoms with van der Waals surface area (Å²) in [6.07, 6.45) is 4.69. The molecule has 2 N–H and O–H groups in total. The molecule has 0 aromatic heterocycles. The van der Waals surface area contributed by atoms with Crippen LogP contribution in [-0.4, -0.2) is 42.1 Å². The Morgan fingerprint density at radius 3 is 2.35 bits per heavy atom. The van der Waals surface area contributed by atoms with Crippen molar-refractivity contribution in [3.63, 3.8) is 0 Å². The fraction of sp³-hybridized carbons (Fsp3) is 0.529. The summed E-state index contributed by atoms with van der Waals surface area (Å²) in [4.78, 5) is 0.175. The Kier molecular flexibility index (Phi) is 8.47. The lowest BCUT2D eigenvalue weighted by molar-refractivity contribution is 0.186. The first-order valence-electron chi connectivity index (χ1n) is 7.94. The monoisotopic (exact) mass is 341 g/mol. The van der Waals surface area contributed by atoms with Crippen molar-refractivity contribution in [1.29, 1.82) is 0 Å². The highest BCUT2D eigenvalue weighted by molar-refractivity contribution is 7.89. The summed E-state index contributed by atoms with van der Waals surface area (Å²) < 4.78 is 27.2. The molecule has 6 heteroatoms. The quantitative estimate of drug-likeness (QED) is 0.478. The first-order chi connectivity index (χ1) is 11.0. The lowest BCUT2D eigenvalue weighted by atomic mass is 10.2. The normalized spacial score (nSPS) is 13.2. The standard InChI is InChI=1S/C17H27NO4S/c1-3-5-6-12-18(16(14-20)7-4-2)23(21,22)17-10-8-15(13-19)9-11-17/h4,8-11,16,19-20H,2-3,5-7,12-14H2,1H3/t16-/m0/s1. The maximum Gasteiger partial charge on any atom is 0.243 e. The van der Waals surface area contributed by atoms with E-state index in [2.05, 4.69) is 13.5 Å². The van der Waals surface area contributed by atoms with Crippen LogP contribution in [0.5, 0.6) is 0 Å². The number of unbranched alkanes of at least 4 members (excludes halogenated alkanes) is 2. The molecule has 0 bridgehead atoms. The van der Waals surface area contributed by atoms with Gasteiger partial charge in [0.15, 0.2) is 0 Å². The molecule has 0 aliphatic carbocycles. The minimum atomic E-state index is -3.70. The van der Waals surface area contributed by atoms with E-state index in [1.54, 1.807) is 18.2 Å². The first-order valence-corrected chi connectivity index (χ1v) is 9.38. The van der Waals surface area contributed by atoms with Gasteiger partial charge in [-0.15, -0.1) is 6.58 Å². The van der Waals surface area contributed by atoms with E-state index < -0.39 is 16.1 Å². The maximum atomic E-state index is 12.9. The van der Waals surface area contributed by atoms with Crippen molar-refractivity contribution in [3.05, 3.63) is 42.5 Å². The summed E-state index contributed by atoms with van der Waals surface area (Å²) in [5.41, 5.74) is 0.659. The van der Waals surface area contributed by atoms with Crippen LogP contribution in [0.15, 0.2) is 41.8 Å².